The highest BCUT2D eigenvalue weighted by Gasteiger charge is 2.28. The van der Waals surface area contributed by atoms with Gasteiger partial charge < -0.3 is 15.3 Å². The first-order valence-electron chi connectivity index (χ1n) is 7.41. The van der Waals surface area contributed by atoms with Crippen LogP contribution >= 0.6 is 0 Å². The molecule has 1 fully saturated rings. The van der Waals surface area contributed by atoms with Crippen molar-refractivity contribution in [1.82, 2.24) is 10.2 Å². The molecule has 0 radical (unpaired) electrons. The van der Waals surface area contributed by atoms with Crippen LogP contribution in [0.3, 0.4) is 0 Å². The predicted octanol–water partition coefficient (Wildman–Crippen LogP) is 2.38. The van der Waals surface area contributed by atoms with Crippen LogP contribution in [0.5, 0.6) is 0 Å². The third-order valence-electron chi connectivity index (χ3n) is 4.60. The van der Waals surface area contributed by atoms with E-state index in [0.29, 0.717) is 19.4 Å². The van der Waals surface area contributed by atoms with E-state index in [1.165, 1.54) is 11.1 Å². The summed E-state index contributed by atoms with van der Waals surface area (Å²) in [6.07, 6.45) is 3.82. The highest BCUT2D eigenvalue weighted by atomic mass is 16.4. The Hall–Kier alpha value is -1.52. The second-order valence-electron chi connectivity index (χ2n) is 6.07. The average Bonchev–Trinajstić information content (AvgIpc) is 2.42. The summed E-state index contributed by atoms with van der Waals surface area (Å²) in [5.41, 5.74) is 2.66. The van der Waals surface area contributed by atoms with E-state index in [4.69, 9.17) is 5.11 Å². The van der Waals surface area contributed by atoms with E-state index in [2.05, 4.69) is 19.2 Å². The summed E-state index contributed by atoms with van der Waals surface area (Å²) < 4.78 is 0. The van der Waals surface area contributed by atoms with Crippen LogP contribution in [0.25, 0.3) is 0 Å². The van der Waals surface area contributed by atoms with Crippen molar-refractivity contribution in [2.24, 2.45) is 5.92 Å². The zero-order chi connectivity index (χ0) is 14.7. The molecule has 1 aliphatic carbocycles. The first kappa shape index (κ1) is 14.9. The number of aliphatic carboxylic acids is 1. The Kier molecular flexibility index (Phi) is 4.68. The van der Waals surface area contributed by atoms with Crippen molar-refractivity contribution in [3.8, 4) is 0 Å². The first-order chi connectivity index (χ1) is 9.47. The summed E-state index contributed by atoms with van der Waals surface area (Å²) in [5.74, 6) is -0.937. The van der Waals surface area contributed by atoms with Gasteiger partial charge in [0.1, 0.15) is 0 Å². The topological polar surface area (TPSA) is 69.6 Å². The maximum atomic E-state index is 12.2. The van der Waals surface area contributed by atoms with Gasteiger partial charge in [-0.25, -0.2) is 4.79 Å². The molecule has 20 heavy (non-hydrogen) atoms. The Morgan fingerprint density at radius 3 is 2.35 bits per heavy atom. The molecular weight excluding hydrogens is 256 g/mol. The minimum Gasteiger partial charge on any atom is -0.481 e. The fourth-order valence-corrected chi connectivity index (χ4v) is 2.94. The van der Waals surface area contributed by atoms with Gasteiger partial charge in [-0.1, -0.05) is 11.1 Å². The van der Waals surface area contributed by atoms with E-state index in [9.17, 15) is 9.59 Å². The molecule has 0 unspecified atom stereocenters. The highest BCUT2D eigenvalue weighted by Crippen LogP contribution is 2.25. The number of hydrogen-bond donors (Lipinski definition) is 2. The van der Waals surface area contributed by atoms with Crippen LogP contribution in [0.1, 0.15) is 46.0 Å². The monoisotopic (exact) mass is 280 g/mol. The average molecular weight is 280 g/mol. The molecule has 0 aromatic rings. The summed E-state index contributed by atoms with van der Waals surface area (Å²) in [6.45, 7) is 5.69. The van der Waals surface area contributed by atoms with Crippen molar-refractivity contribution < 1.29 is 14.7 Å². The van der Waals surface area contributed by atoms with Crippen molar-refractivity contribution in [2.45, 2.75) is 52.0 Å². The van der Waals surface area contributed by atoms with E-state index in [0.717, 1.165) is 25.8 Å². The van der Waals surface area contributed by atoms with Crippen molar-refractivity contribution in [3.63, 3.8) is 0 Å². The van der Waals surface area contributed by atoms with Crippen LogP contribution in [-0.4, -0.2) is 41.1 Å². The zero-order valence-corrected chi connectivity index (χ0v) is 12.3. The van der Waals surface area contributed by atoms with Crippen molar-refractivity contribution in [3.05, 3.63) is 11.1 Å². The number of carbonyl (C=O) groups is 2. The van der Waals surface area contributed by atoms with Gasteiger partial charge in [-0.3, -0.25) is 4.79 Å². The van der Waals surface area contributed by atoms with Gasteiger partial charge in [-0.2, -0.15) is 0 Å². The summed E-state index contributed by atoms with van der Waals surface area (Å²) in [7, 11) is 0. The standard InChI is InChI=1S/C15H24N2O3/c1-10-7-8-17(9-11(10)2)15(20)16-13-5-3-12(4-6-13)14(18)19/h12-13H,3-9H2,1-2H3,(H,16,20)(H,18,19). The SMILES string of the molecule is CC1=C(C)CN(C(=O)NC2CCC(C(=O)O)CC2)CC1. The van der Waals surface area contributed by atoms with E-state index >= 15 is 0 Å². The Morgan fingerprint density at radius 1 is 1.15 bits per heavy atom. The number of rotatable bonds is 2. The molecule has 1 saturated carbocycles. The molecule has 0 spiro atoms. The molecule has 5 heteroatoms. The zero-order valence-electron chi connectivity index (χ0n) is 12.3. The van der Waals surface area contributed by atoms with Crippen LogP contribution in [-0.2, 0) is 4.79 Å². The number of carboxylic acid groups (broad SMARTS) is 1. The number of amides is 2. The molecular formula is C15H24N2O3. The number of nitrogens with zero attached hydrogens (tertiary/aromatic N) is 1. The summed E-state index contributed by atoms with van der Waals surface area (Å²) >= 11 is 0. The molecule has 0 saturated heterocycles. The Bertz CT molecular complexity index is 423. The van der Waals surface area contributed by atoms with E-state index in [-0.39, 0.29) is 18.0 Å². The van der Waals surface area contributed by atoms with Gasteiger partial charge in [0.25, 0.3) is 0 Å². The third kappa shape index (κ3) is 3.52. The molecule has 112 valence electrons. The fourth-order valence-electron chi connectivity index (χ4n) is 2.94. The van der Waals surface area contributed by atoms with E-state index in [1.54, 1.807) is 0 Å². The van der Waals surface area contributed by atoms with Crippen LogP contribution in [0.4, 0.5) is 4.79 Å². The molecule has 2 rings (SSSR count). The fraction of sp³-hybridized carbons (Fsp3) is 0.733. The molecule has 0 aromatic carbocycles. The van der Waals surface area contributed by atoms with Crippen molar-refractivity contribution in [2.75, 3.05) is 13.1 Å². The molecule has 0 bridgehead atoms. The Labute approximate surface area is 120 Å². The molecule has 1 aliphatic heterocycles. The lowest BCUT2D eigenvalue weighted by atomic mass is 9.86. The largest absolute Gasteiger partial charge is 0.481 e. The minimum absolute atomic E-state index is 0.00405. The van der Waals surface area contributed by atoms with Crippen LogP contribution in [0, 0.1) is 5.92 Å². The highest BCUT2D eigenvalue weighted by molar-refractivity contribution is 5.75. The third-order valence-corrected chi connectivity index (χ3v) is 4.60. The molecule has 2 amide bonds. The number of carboxylic acids is 1. The number of carbonyl (C=O) groups excluding carboxylic acids is 1. The van der Waals surface area contributed by atoms with Gasteiger partial charge >= 0.3 is 12.0 Å². The Morgan fingerprint density at radius 2 is 1.80 bits per heavy atom. The minimum atomic E-state index is -0.706. The van der Waals surface area contributed by atoms with Gasteiger partial charge in [-0.15, -0.1) is 0 Å². The molecule has 0 aromatic heterocycles. The quantitative estimate of drug-likeness (QED) is 0.763. The Balaban J connectivity index is 1.80. The lowest BCUT2D eigenvalue weighted by Crippen LogP contribution is -2.48. The van der Waals surface area contributed by atoms with Gasteiger partial charge in [0, 0.05) is 19.1 Å². The van der Waals surface area contributed by atoms with Crippen LogP contribution < -0.4 is 5.32 Å². The molecule has 2 N–H and O–H groups in total. The van der Waals surface area contributed by atoms with Gasteiger partial charge in [0.2, 0.25) is 0 Å². The van der Waals surface area contributed by atoms with Crippen molar-refractivity contribution in [1.29, 1.82) is 0 Å². The van der Waals surface area contributed by atoms with Gasteiger partial charge in [0.15, 0.2) is 0 Å². The summed E-state index contributed by atoms with van der Waals surface area (Å²) in [6, 6.07) is 0.126. The summed E-state index contributed by atoms with van der Waals surface area (Å²) in [4.78, 5) is 25.0. The lowest BCUT2D eigenvalue weighted by Gasteiger charge is -2.32. The number of hydrogen-bond acceptors (Lipinski definition) is 2. The second-order valence-corrected chi connectivity index (χ2v) is 6.07. The summed E-state index contributed by atoms with van der Waals surface area (Å²) in [5, 5.41) is 12.0. The van der Waals surface area contributed by atoms with E-state index in [1.807, 2.05) is 4.90 Å². The second kappa shape index (κ2) is 6.29. The maximum absolute atomic E-state index is 12.2. The number of nitrogens with one attached hydrogen (secondary N) is 1. The van der Waals surface area contributed by atoms with Gasteiger partial charge in [-0.05, 0) is 46.0 Å². The van der Waals surface area contributed by atoms with Crippen LogP contribution in [0.2, 0.25) is 0 Å². The van der Waals surface area contributed by atoms with Crippen molar-refractivity contribution >= 4 is 12.0 Å². The first-order valence-corrected chi connectivity index (χ1v) is 7.41. The lowest BCUT2D eigenvalue weighted by molar-refractivity contribution is -0.142. The molecule has 2 aliphatic rings. The normalized spacial score (nSPS) is 27.4. The van der Waals surface area contributed by atoms with Crippen LogP contribution in [0.15, 0.2) is 11.1 Å². The van der Waals surface area contributed by atoms with E-state index < -0.39 is 5.97 Å². The maximum Gasteiger partial charge on any atom is 0.317 e. The smallest absolute Gasteiger partial charge is 0.317 e. The number of urea groups is 1. The molecule has 1 heterocycles. The molecule has 5 nitrogen and oxygen atoms in total. The van der Waals surface area contributed by atoms with Gasteiger partial charge in [0.05, 0.1) is 5.92 Å². The predicted molar refractivity (Wildman–Crippen MR) is 76.5 cm³/mol. The molecule has 0 atom stereocenters.